The van der Waals surface area contributed by atoms with Crippen LogP contribution in [0.5, 0.6) is 0 Å². The van der Waals surface area contributed by atoms with Crippen molar-refractivity contribution in [3.05, 3.63) is 108 Å². The number of benzene rings is 3. The predicted octanol–water partition coefficient (Wildman–Crippen LogP) is 3.07. The van der Waals surface area contributed by atoms with Crippen LogP contribution in [0.3, 0.4) is 0 Å². The van der Waals surface area contributed by atoms with Gasteiger partial charge in [-0.15, -0.1) is 0 Å². The van der Waals surface area contributed by atoms with Crippen LogP contribution in [0, 0.1) is 0 Å². The van der Waals surface area contributed by atoms with Crippen LogP contribution in [-0.4, -0.2) is 18.5 Å². The van der Waals surface area contributed by atoms with Crippen molar-refractivity contribution in [2.24, 2.45) is 0 Å². The van der Waals surface area contributed by atoms with Crippen molar-refractivity contribution in [1.82, 2.24) is 10.6 Å². The molecule has 3 nitrogen and oxygen atoms in total. The van der Waals surface area contributed by atoms with Gasteiger partial charge in [0.25, 0.3) is 0 Å². The van der Waals surface area contributed by atoms with Gasteiger partial charge in [-0.2, -0.15) is 0 Å². The molecule has 124 valence electrons. The Bertz CT molecular complexity index is 750. The van der Waals surface area contributed by atoms with E-state index in [1.165, 1.54) is 0 Å². The van der Waals surface area contributed by atoms with Gasteiger partial charge in [-0.3, -0.25) is 10.1 Å². The van der Waals surface area contributed by atoms with E-state index in [2.05, 4.69) is 47.0 Å². The van der Waals surface area contributed by atoms with Gasteiger partial charge in [0.05, 0.1) is 5.54 Å². The lowest BCUT2D eigenvalue weighted by Gasteiger charge is -2.42. The van der Waals surface area contributed by atoms with E-state index in [0.717, 1.165) is 16.7 Å². The Kier molecular flexibility index (Phi) is 4.08. The van der Waals surface area contributed by atoms with Crippen molar-refractivity contribution < 1.29 is 4.79 Å². The van der Waals surface area contributed by atoms with Gasteiger partial charge in [-0.25, -0.2) is 0 Å². The van der Waals surface area contributed by atoms with E-state index in [4.69, 9.17) is 0 Å². The number of nitrogens with one attached hydrogen (secondary N) is 2. The van der Waals surface area contributed by atoms with Gasteiger partial charge < -0.3 is 5.32 Å². The van der Waals surface area contributed by atoms with Gasteiger partial charge in [-0.05, 0) is 16.7 Å². The fraction of sp³-hybridized carbons (Fsp3) is 0.136. The molecular weight excluding hydrogens is 308 g/mol. The smallest absolute Gasteiger partial charge is 0.239 e. The van der Waals surface area contributed by atoms with Crippen molar-refractivity contribution in [2.75, 3.05) is 6.54 Å². The minimum absolute atomic E-state index is 0.0483. The molecule has 3 aromatic rings. The van der Waals surface area contributed by atoms with E-state index in [-0.39, 0.29) is 11.9 Å². The molecule has 1 aliphatic heterocycles. The maximum atomic E-state index is 12.0. The summed E-state index contributed by atoms with van der Waals surface area (Å²) in [4.78, 5) is 12.0. The second-order valence-electron chi connectivity index (χ2n) is 6.29. The van der Waals surface area contributed by atoms with Crippen molar-refractivity contribution in [2.45, 2.75) is 11.6 Å². The van der Waals surface area contributed by atoms with E-state index in [0.29, 0.717) is 6.54 Å². The summed E-state index contributed by atoms with van der Waals surface area (Å²) in [6.45, 7) is 0.646. The summed E-state index contributed by atoms with van der Waals surface area (Å²) in [6, 6.07) is 30.8. The molecule has 1 amide bonds. The fourth-order valence-corrected chi connectivity index (χ4v) is 3.48. The predicted molar refractivity (Wildman–Crippen MR) is 99.1 cm³/mol. The summed E-state index contributed by atoms with van der Waals surface area (Å²) in [5.41, 5.74) is 2.78. The van der Waals surface area contributed by atoms with Crippen molar-refractivity contribution in [3.8, 4) is 0 Å². The minimum atomic E-state index is -0.577. The Morgan fingerprint density at radius 3 is 1.40 bits per heavy atom. The Labute approximate surface area is 147 Å². The summed E-state index contributed by atoms with van der Waals surface area (Å²) in [7, 11) is 0. The fourth-order valence-electron chi connectivity index (χ4n) is 3.48. The van der Waals surface area contributed by atoms with Crippen LogP contribution in [0.4, 0.5) is 0 Å². The number of hydrogen-bond donors (Lipinski definition) is 2. The largest absolute Gasteiger partial charge is 0.353 e. The standard InChI is InChI=1S/C22H20N2O/c25-21-20(16-23-21)24-22(17-10-4-1-5-11-17,18-12-6-2-7-13-18)19-14-8-3-9-15-19/h1-15,20,24H,16H2,(H,23,25). The zero-order valence-corrected chi connectivity index (χ0v) is 13.9. The Balaban J connectivity index is 1.95. The highest BCUT2D eigenvalue weighted by atomic mass is 16.2. The molecule has 3 heteroatoms. The minimum Gasteiger partial charge on any atom is -0.353 e. The van der Waals surface area contributed by atoms with E-state index in [1.54, 1.807) is 0 Å². The van der Waals surface area contributed by atoms with E-state index >= 15 is 0 Å². The molecule has 1 unspecified atom stereocenters. The Hall–Kier alpha value is -2.91. The summed E-state index contributed by atoms with van der Waals surface area (Å²) >= 11 is 0. The number of carbonyl (C=O) groups is 1. The van der Waals surface area contributed by atoms with Gasteiger partial charge in [0, 0.05) is 6.54 Å². The highest BCUT2D eigenvalue weighted by Gasteiger charge is 2.42. The quantitative estimate of drug-likeness (QED) is 0.558. The van der Waals surface area contributed by atoms with Gasteiger partial charge in [0.15, 0.2) is 0 Å². The summed E-state index contributed by atoms with van der Waals surface area (Å²) in [6.07, 6.45) is 0. The molecule has 0 aliphatic carbocycles. The number of amides is 1. The van der Waals surface area contributed by atoms with Crippen LogP contribution in [0.1, 0.15) is 16.7 Å². The van der Waals surface area contributed by atoms with E-state index < -0.39 is 5.54 Å². The summed E-state index contributed by atoms with van der Waals surface area (Å²) < 4.78 is 0. The highest BCUT2D eigenvalue weighted by Crippen LogP contribution is 2.37. The summed E-state index contributed by atoms with van der Waals surface area (Å²) in [5.74, 6) is 0.0483. The topological polar surface area (TPSA) is 41.1 Å². The normalized spacial score (nSPS) is 16.8. The SMILES string of the molecule is O=C1NCC1NC(c1ccccc1)(c1ccccc1)c1ccccc1. The number of carbonyl (C=O) groups excluding carboxylic acids is 1. The third-order valence-corrected chi connectivity index (χ3v) is 4.81. The zero-order valence-electron chi connectivity index (χ0n) is 13.9. The molecule has 1 fully saturated rings. The molecule has 0 radical (unpaired) electrons. The molecule has 2 N–H and O–H groups in total. The third-order valence-electron chi connectivity index (χ3n) is 4.81. The Morgan fingerprint density at radius 1 is 0.720 bits per heavy atom. The first kappa shape index (κ1) is 15.6. The second-order valence-corrected chi connectivity index (χ2v) is 6.29. The molecule has 1 atom stereocenters. The maximum Gasteiger partial charge on any atom is 0.239 e. The molecule has 0 saturated carbocycles. The van der Waals surface area contributed by atoms with Gasteiger partial charge in [-0.1, -0.05) is 91.0 Å². The average molecular weight is 328 g/mol. The average Bonchev–Trinajstić information content (AvgIpc) is 2.70. The van der Waals surface area contributed by atoms with Crippen molar-refractivity contribution in [1.29, 1.82) is 0 Å². The van der Waals surface area contributed by atoms with Crippen molar-refractivity contribution in [3.63, 3.8) is 0 Å². The molecule has 4 rings (SSSR count). The molecule has 0 spiro atoms. The van der Waals surface area contributed by atoms with Crippen LogP contribution >= 0.6 is 0 Å². The van der Waals surface area contributed by atoms with Crippen LogP contribution in [0.25, 0.3) is 0 Å². The third kappa shape index (κ3) is 2.73. The molecule has 0 bridgehead atoms. The molecule has 1 aliphatic rings. The zero-order chi connectivity index (χ0) is 17.1. The van der Waals surface area contributed by atoms with Crippen molar-refractivity contribution >= 4 is 5.91 Å². The number of hydrogen-bond acceptors (Lipinski definition) is 2. The second kappa shape index (κ2) is 6.54. The van der Waals surface area contributed by atoms with E-state index in [1.807, 2.05) is 54.6 Å². The van der Waals surface area contributed by atoms with Gasteiger partial charge >= 0.3 is 0 Å². The lowest BCUT2D eigenvalue weighted by atomic mass is 9.76. The summed E-state index contributed by atoms with van der Waals surface area (Å²) in [5, 5.41) is 6.49. The lowest BCUT2D eigenvalue weighted by molar-refractivity contribution is -0.128. The van der Waals surface area contributed by atoms with Gasteiger partial charge in [0.1, 0.15) is 6.04 Å². The molecule has 25 heavy (non-hydrogen) atoms. The molecule has 0 aromatic heterocycles. The first-order valence-corrected chi connectivity index (χ1v) is 8.53. The Morgan fingerprint density at radius 2 is 1.12 bits per heavy atom. The van der Waals surface area contributed by atoms with Crippen LogP contribution in [0.15, 0.2) is 91.0 Å². The highest BCUT2D eigenvalue weighted by molar-refractivity contribution is 5.88. The van der Waals surface area contributed by atoms with Crippen LogP contribution in [-0.2, 0) is 10.3 Å². The molecular formula is C22H20N2O. The maximum absolute atomic E-state index is 12.0. The van der Waals surface area contributed by atoms with Gasteiger partial charge in [0.2, 0.25) is 5.91 Å². The number of rotatable bonds is 5. The lowest BCUT2D eigenvalue weighted by Crippen LogP contribution is -2.65. The monoisotopic (exact) mass is 328 g/mol. The van der Waals surface area contributed by atoms with Crippen LogP contribution in [0.2, 0.25) is 0 Å². The molecule has 1 saturated heterocycles. The molecule has 1 heterocycles. The molecule has 3 aromatic carbocycles. The van der Waals surface area contributed by atoms with Crippen LogP contribution < -0.4 is 10.6 Å². The number of β-lactam (4-membered cyclic amide) rings is 1. The first-order valence-electron chi connectivity index (χ1n) is 8.53. The van der Waals surface area contributed by atoms with E-state index in [9.17, 15) is 4.79 Å². The first-order chi connectivity index (χ1) is 12.3.